The zero-order valence-corrected chi connectivity index (χ0v) is 12.3. The lowest BCUT2D eigenvalue weighted by molar-refractivity contribution is -0.00160. The second kappa shape index (κ2) is 7.51. The highest BCUT2D eigenvalue weighted by Gasteiger charge is 2.21. The molecule has 0 spiro atoms. The summed E-state index contributed by atoms with van der Waals surface area (Å²) in [7, 11) is 0. The molecule has 0 heterocycles. The van der Waals surface area contributed by atoms with Gasteiger partial charge in [-0.15, -0.1) is 0 Å². The molecule has 0 aromatic heterocycles. The van der Waals surface area contributed by atoms with Gasteiger partial charge in [0.05, 0.1) is 18.2 Å². The second-order valence-electron chi connectivity index (χ2n) is 5.51. The zero-order chi connectivity index (χ0) is 16.1. The van der Waals surface area contributed by atoms with Crippen molar-refractivity contribution in [2.75, 3.05) is 0 Å². The van der Waals surface area contributed by atoms with Gasteiger partial charge in [0.1, 0.15) is 0 Å². The molecule has 0 aliphatic heterocycles. The number of urea groups is 1. The maximum absolute atomic E-state index is 13.2. The molecule has 7 heteroatoms. The fourth-order valence-electron chi connectivity index (χ4n) is 2.44. The maximum Gasteiger partial charge on any atom is 0.339 e. The molecule has 5 nitrogen and oxygen atoms in total. The Hall–Kier alpha value is -1.73. The molecule has 0 bridgehead atoms. The minimum absolute atomic E-state index is 0.0252. The van der Waals surface area contributed by atoms with Crippen molar-refractivity contribution in [2.45, 2.75) is 50.9 Å². The van der Waals surface area contributed by atoms with E-state index < -0.39 is 29.8 Å². The van der Waals surface area contributed by atoms with Gasteiger partial charge >= 0.3 is 6.03 Å². The summed E-state index contributed by atoms with van der Waals surface area (Å²) in [5.41, 5.74) is 2.47. The maximum atomic E-state index is 13.2. The monoisotopic (exact) mass is 314 g/mol. The van der Waals surface area contributed by atoms with Gasteiger partial charge in [0.2, 0.25) is 0 Å². The highest BCUT2D eigenvalue weighted by Crippen LogP contribution is 2.20. The number of nitrogens with one attached hydrogen (secondary N) is 2. The predicted octanol–water partition coefficient (Wildman–Crippen LogP) is 2.56. The summed E-state index contributed by atoms with van der Waals surface area (Å²) in [6.45, 7) is 1.56. The highest BCUT2D eigenvalue weighted by molar-refractivity contribution is 5.73. The van der Waals surface area contributed by atoms with E-state index in [-0.39, 0.29) is 11.7 Å². The van der Waals surface area contributed by atoms with Crippen LogP contribution < -0.4 is 10.8 Å². The first-order valence-electron chi connectivity index (χ1n) is 7.32. The number of aliphatic hydroxyl groups excluding tert-OH is 1. The number of carbonyl (C=O) groups is 1. The molecule has 1 aromatic carbocycles. The molecule has 22 heavy (non-hydrogen) atoms. The van der Waals surface area contributed by atoms with E-state index in [2.05, 4.69) is 10.8 Å². The van der Waals surface area contributed by atoms with E-state index in [1.807, 2.05) is 0 Å². The van der Waals surface area contributed by atoms with Crippen LogP contribution in [0.15, 0.2) is 18.2 Å². The van der Waals surface area contributed by atoms with Crippen LogP contribution in [0, 0.1) is 11.6 Å². The van der Waals surface area contributed by atoms with Crippen LogP contribution in [0.3, 0.4) is 0 Å². The summed E-state index contributed by atoms with van der Waals surface area (Å²) in [5, 5.41) is 12.6. The van der Waals surface area contributed by atoms with E-state index in [1.165, 1.54) is 6.07 Å². The molecule has 1 aromatic rings. The average molecular weight is 314 g/mol. The van der Waals surface area contributed by atoms with Gasteiger partial charge in [0.25, 0.3) is 0 Å². The quantitative estimate of drug-likeness (QED) is 0.732. The van der Waals surface area contributed by atoms with Gasteiger partial charge in [-0.1, -0.05) is 18.9 Å². The van der Waals surface area contributed by atoms with Crippen LogP contribution in [-0.2, 0) is 4.84 Å². The third-order valence-electron chi connectivity index (χ3n) is 3.74. The van der Waals surface area contributed by atoms with Gasteiger partial charge in [-0.25, -0.2) is 19.1 Å². The van der Waals surface area contributed by atoms with Crippen LogP contribution in [0.5, 0.6) is 0 Å². The van der Waals surface area contributed by atoms with Crippen LogP contribution in [0.1, 0.15) is 44.3 Å². The number of rotatable bonds is 5. The minimum Gasteiger partial charge on any atom is -0.386 e. The molecule has 1 fully saturated rings. The Kier molecular flexibility index (Phi) is 5.68. The summed E-state index contributed by atoms with van der Waals surface area (Å²) in [4.78, 5) is 16.9. The molecule has 122 valence electrons. The Morgan fingerprint density at radius 1 is 1.32 bits per heavy atom. The molecule has 0 radical (unpaired) electrons. The topological polar surface area (TPSA) is 70.6 Å². The van der Waals surface area contributed by atoms with Gasteiger partial charge < -0.3 is 10.4 Å². The Bertz CT molecular complexity index is 522. The van der Waals surface area contributed by atoms with Crippen LogP contribution in [0.4, 0.5) is 13.6 Å². The van der Waals surface area contributed by atoms with Crippen LogP contribution in [0.2, 0.25) is 0 Å². The third-order valence-corrected chi connectivity index (χ3v) is 3.74. The first-order chi connectivity index (χ1) is 10.5. The van der Waals surface area contributed by atoms with Gasteiger partial charge in [-0.3, -0.25) is 4.84 Å². The molecule has 2 unspecified atom stereocenters. The second-order valence-corrected chi connectivity index (χ2v) is 5.51. The lowest BCUT2D eigenvalue weighted by Crippen LogP contribution is -2.44. The van der Waals surface area contributed by atoms with Gasteiger partial charge in [-0.2, -0.15) is 0 Å². The Morgan fingerprint density at radius 2 is 2.00 bits per heavy atom. The summed E-state index contributed by atoms with van der Waals surface area (Å²) in [6, 6.07) is 1.83. The van der Waals surface area contributed by atoms with Crippen molar-refractivity contribution in [1.29, 1.82) is 0 Å². The van der Waals surface area contributed by atoms with Crippen molar-refractivity contribution in [3.8, 4) is 0 Å². The fourth-order valence-corrected chi connectivity index (χ4v) is 2.44. The largest absolute Gasteiger partial charge is 0.386 e. The van der Waals surface area contributed by atoms with E-state index >= 15 is 0 Å². The molecule has 3 N–H and O–H groups in total. The number of hydrogen-bond donors (Lipinski definition) is 3. The van der Waals surface area contributed by atoms with Gasteiger partial charge in [0.15, 0.2) is 11.6 Å². The van der Waals surface area contributed by atoms with Crippen molar-refractivity contribution in [1.82, 2.24) is 10.8 Å². The molecule has 1 aliphatic carbocycles. The van der Waals surface area contributed by atoms with Gasteiger partial charge in [-0.05, 0) is 37.5 Å². The summed E-state index contributed by atoms with van der Waals surface area (Å²) in [5.74, 6) is -2.03. The number of carbonyl (C=O) groups excluding carboxylic acids is 1. The number of amides is 2. The normalized spacial score (nSPS) is 18.0. The molecule has 1 aliphatic rings. The van der Waals surface area contributed by atoms with Crippen molar-refractivity contribution in [3.63, 3.8) is 0 Å². The SMILES string of the molecule is CC(NC(=O)NOC1CCCC1)C(O)c1ccc(F)c(F)c1. The first kappa shape index (κ1) is 16.6. The number of halogens is 2. The van der Waals surface area contributed by atoms with E-state index in [4.69, 9.17) is 4.84 Å². The minimum atomic E-state index is -1.16. The smallest absolute Gasteiger partial charge is 0.339 e. The number of benzene rings is 1. The standard InChI is InChI=1S/C15H20F2N2O3/c1-9(14(20)10-6-7-12(16)13(17)8-10)18-15(21)19-22-11-4-2-3-5-11/h6-9,11,14,20H,2-5H2,1H3,(H2,18,19,21). The molecule has 2 atom stereocenters. The van der Waals surface area contributed by atoms with E-state index in [9.17, 15) is 18.7 Å². The fraction of sp³-hybridized carbons (Fsp3) is 0.533. The Balaban J connectivity index is 1.83. The zero-order valence-electron chi connectivity index (χ0n) is 12.3. The van der Waals surface area contributed by atoms with E-state index in [1.54, 1.807) is 6.92 Å². The molecule has 2 amide bonds. The van der Waals surface area contributed by atoms with Crippen molar-refractivity contribution >= 4 is 6.03 Å². The number of aliphatic hydroxyl groups is 1. The number of hydrogen-bond acceptors (Lipinski definition) is 3. The summed E-state index contributed by atoms with van der Waals surface area (Å²) >= 11 is 0. The van der Waals surface area contributed by atoms with E-state index in [0.29, 0.717) is 0 Å². The molecule has 0 saturated heterocycles. The highest BCUT2D eigenvalue weighted by atomic mass is 19.2. The molecule has 2 rings (SSSR count). The Labute approximate surface area is 127 Å². The molecule has 1 saturated carbocycles. The molecular formula is C15H20F2N2O3. The number of hydroxylamine groups is 1. The van der Waals surface area contributed by atoms with Crippen molar-refractivity contribution < 1.29 is 23.5 Å². The van der Waals surface area contributed by atoms with Crippen LogP contribution in [0.25, 0.3) is 0 Å². The van der Waals surface area contributed by atoms with Crippen LogP contribution >= 0.6 is 0 Å². The lowest BCUT2D eigenvalue weighted by Gasteiger charge is -2.21. The average Bonchev–Trinajstić information content (AvgIpc) is 3.00. The first-order valence-corrected chi connectivity index (χ1v) is 7.32. The van der Waals surface area contributed by atoms with Crippen molar-refractivity contribution in [3.05, 3.63) is 35.4 Å². The summed E-state index contributed by atoms with van der Waals surface area (Å²) < 4.78 is 26.0. The van der Waals surface area contributed by atoms with Gasteiger partial charge in [0, 0.05) is 0 Å². The third kappa shape index (κ3) is 4.38. The Morgan fingerprint density at radius 3 is 2.64 bits per heavy atom. The van der Waals surface area contributed by atoms with Crippen molar-refractivity contribution in [2.24, 2.45) is 0 Å². The van der Waals surface area contributed by atoms with Crippen LogP contribution in [-0.4, -0.2) is 23.3 Å². The molecular weight excluding hydrogens is 294 g/mol. The van der Waals surface area contributed by atoms with E-state index in [0.717, 1.165) is 37.8 Å². The lowest BCUT2D eigenvalue weighted by atomic mass is 10.0. The summed E-state index contributed by atoms with van der Waals surface area (Å²) in [6.07, 6.45) is 2.85. The predicted molar refractivity (Wildman–Crippen MR) is 75.8 cm³/mol.